The second kappa shape index (κ2) is 4.59. The summed E-state index contributed by atoms with van der Waals surface area (Å²) in [5.41, 5.74) is 0. The van der Waals surface area contributed by atoms with Crippen LogP contribution in [0.2, 0.25) is 0 Å². The van der Waals surface area contributed by atoms with Crippen LogP contribution >= 0.6 is 0 Å². The van der Waals surface area contributed by atoms with Crippen molar-refractivity contribution in [1.82, 2.24) is 0 Å². The molecule has 0 bridgehead atoms. The molecular weight excluding hydrogens is 214 g/mol. The van der Waals surface area contributed by atoms with Crippen LogP contribution in [-0.2, 0) is 29.1 Å². The largest absolute Gasteiger partial charge is 0.450 e. The summed E-state index contributed by atoms with van der Waals surface area (Å²) in [5, 5.41) is 0. The van der Waals surface area contributed by atoms with Gasteiger partial charge in [0.15, 0.2) is 0 Å². The Morgan fingerprint density at radius 1 is 1.27 bits per heavy atom. The van der Waals surface area contributed by atoms with E-state index in [2.05, 4.69) is 0 Å². The fourth-order valence-electron chi connectivity index (χ4n) is 0.326. The van der Waals surface area contributed by atoms with Crippen molar-refractivity contribution in [3.05, 3.63) is 0 Å². The minimum absolute atomic E-state index is 0. The molecule has 0 radical (unpaired) electrons. The van der Waals surface area contributed by atoms with E-state index < -0.39 is 24.2 Å². The molecule has 0 rings (SSSR count). The monoisotopic (exact) mass is 218 g/mol. The number of Topliss-reactive ketones (excluding diaryl/α,β-unsaturated/α-hetero) is 2. The first-order valence-electron chi connectivity index (χ1n) is 2.43. The molecule has 0 aliphatic heterocycles. The van der Waals surface area contributed by atoms with E-state index in [1.54, 1.807) is 0 Å². The van der Waals surface area contributed by atoms with Gasteiger partial charge in [-0.15, -0.1) is 0 Å². The van der Waals surface area contributed by atoms with E-state index in [4.69, 9.17) is 0 Å². The molecule has 0 aliphatic carbocycles. The molecule has 0 N–H and O–H groups in total. The maximum absolute atomic E-state index is 11.3. The third-order valence-electron chi connectivity index (χ3n) is 0.726. The minimum atomic E-state index is -4.87. The van der Waals surface area contributed by atoms with Gasteiger partial charge in [0.1, 0.15) is 5.78 Å². The first-order valence-corrected chi connectivity index (χ1v) is 2.43. The van der Waals surface area contributed by atoms with E-state index in [0.717, 1.165) is 6.92 Å². The molecule has 0 aromatic heterocycles. The van der Waals surface area contributed by atoms with Crippen LogP contribution in [0.1, 0.15) is 13.3 Å². The van der Waals surface area contributed by atoms with E-state index >= 15 is 0 Å². The molecule has 0 saturated carbocycles. The number of halogens is 3. The molecule has 6 heteroatoms. The summed E-state index contributed by atoms with van der Waals surface area (Å²) < 4.78 is 33.9. The number of ketones is 2. The Labute approximate surface area is 73.9 Å². The minimum Gasteiger partial charge on any atom is -0.300 e. The van der Waals surface area contributed by atoms with Crippen molar-refractivity contribution >= 4 is 11.6 Å². The molecule has 60 valence electrons. The quantitative estimate of drug-likeness (QED) is 0.515. The normalized spacial score (nSPS) is 10.2. The maximum Gasteiger partial charge on any atom is 0.450 e. The van der Waals surface area contributed by atoms with Crippen molar-refractivity contribution in [3.63, 3.8) is 0 Å². The van der Waals surface area contributed by atoms with E-state index in [-0.39, 0.29) is 19.5 Å². The third-order valence-corrected chi connectivity index (χ3v) is 0.726. The fraction of sp³-hybridized carbons (Fsp3) is 0.600. The van der Waals surface area contributed by atoms with E-state index in [1.807, 2.05) is 0 Å². The molecular formula is C5H5F3O2Zn. The molecule has 0 aromatic rings. The van der Waals surface area contributed by atoms with Gasteiger partial charge in [-0.2, -0.15) is 13.2 Å². The topological polar surface area (TPSA) is 34.1 Å². The van der Waals surface area contributed by atoms with E-state index in [0.29, 0.717) is 0 Å². The summed E-state index contributed by atoms with van der Waals surface area (Å²) in [6.07, 6.45) is -5.92. The molecule has 0 unspecified atom stereocenters. The summed E-state index contributed by atoms with van der Waals surface area (Å²) in [5.74, 6) is -2.76. The Bertz CT molecular complexity index is 164. The standard InChI is InChI=1S/C5H5F3O2.Zn/c1-3(9)2-4(10)5(6,7)8;/h2H2,1H3;. The molecule has 0 amide bonds. The van der Waals surface area contributed by atoms with Crippen LogP contribution in [0.5, 0.6) is 0 Å². The Hall–Kier alpha value is -0.247. The number of hydrogen-bond acceptors (Lipinski definition) is 2. The summed E-state index contributed by atoms with van der Waals surface area (Å²) >= 11 is 0. The second-order valence-corrected chi connectivity index (χ2v) is 1.80. The van der Waals surface area contributed by atoms with Gasteiger partial charge in [0, 0.05) is 19.5 Å². The van der Waals surface area contributed by atoms with Crippen molar-refractivity contribution in [2.75, 3.05) is 0 Å². The van der Waals surface area contributed by atoms with E-state index in [9.17, 15) is 22.8 Å². The van der Waals surface area contributed by atoms with E-state index in [1.165, 1.54) is 0 Å². The molecule has 0 atom stereocenters. The predicted molar refractivity (Wildman–Crippen MR) is 26.4 cm³/mol. The zero-order valence-electron chi connectivity index (χ0n) is 5.86. The van der Waals surface area contributed by atoms with Crippen LogP contribution in [0.4, 0.5) is 13.2 Å². The number of alkyl halides is 3. The third kappa shape index (κ3) is 6.16. The summed E-state index contributed by atoms with van der Waals surface area (Å²) in [4.78, 5) is 19.9. The molecule has 0 aromatic carbocycles. The van der Waals surface area contributed by atoms with Gasteiger partial charge in [0.2, 0.25) is 5.78 Å². The molecule has 0 spiro atoms. The van der Waals surface area contributed by atoms with Crippen LogP contribution in [0.3, 0.4) is 0 Å². The Balaban J connectivity index is 0. The van der Waals surface area contributed by atoms with Crippen LogP contribution in [0.15, 0.2) is 0 Å². The van der Waals surface area contributed by atoms with Gasteiger partial charge in [0.25, 0.3) is 0 Å². The Morgan fingerprint density at radius 3 is 1.73 bits per heavy atom. The van der Waals surface area contributed by atoms with Gasteiger partial charge >= 0.3 is 6.18 Å². The zero-order chi connectivity index (χ0) is 8.36. The SMILES string of the molecule is CC(=O)CC(=O)C(F)(F)F.[Zn]. The van der Waals surface area contributed by atoms with Gasteiger partial charge < -0.3 is 0 Å². The maximum atomic E-state index is 11.3. The zero-order valence-corrected chi connectivity index (χ0v) is 8.83. The number of carbonyl (C=O) groups is 2. The number of carbonyl (C=O) groups excluding carboxylic acids is 2. The van der Waals surface area contributed by atoms with Crippen LogP contribution in [-0.4, -0.2) is 17.7 Å². The van der Waals surface area contributed by atoms with Gasteiger partial charge in [0.05, 0.1) is 6.42 Å². The fourth-order valence-corrected chi connectivity index (χ4v) is 0.326. The van der Waals surface area contributed by atoms with Gasteiger partial charge in [-0.1, -0.05) is 0 Å². The Morgan fingerprint density at radius 2 is 1.64 bits per heavy atom. The number of hydrogen-bond donors (Lipinski definition) is 0. The van der Waals surface area contributed by atoms with Crippen molar-refractivity contribution < 1.29 is 42.2 Å². The van der Waals surface area contributed by atoms with Crippen LogP contribution < -0.4 is 0 Å². The molecule has 2 nitrogen and oxygen atoms in total. The molecule has 0 aliphatic rings. The smallest absolute Gasteiger partial charge is 0.300 e. The average molecular weight is 219 g/mol. The van der Waals surface area contributed by atoms with Crippen LogP contribution in [0, 0.1) is 0 Å². The van der Waals surface area contributed by atoms with Crippen molar-refractivity contribution in [2.24, 2.45) is 0 Å². The molecule has 0 heterocycles. The van der Waals surface area contributed by atoms with Gasteiger partial charge in [-0.25, -0.2) is 0 Å². The molecule has 0 saturated heterocycles. The Kier molecular flexibility index (Phi) is 5.58. The van der Waals surface area contributed by atoms with Crippen molar-refractivity contribution in [2.45, 2.75) is 19.5 Å². The van der Waals surface area contributed by atoms with Gasteiger partial charge in [-0.05, 0) is 6.92 Å². The first kappa shape index (κ1) is 13.4. The van der Waals surface area contributed by atoms with Gasteiger partial charge in [-0.3, -0.25) is 9.59 Å². The summed E-state index contributed by atoms with van der Waals surface area (Å²) in [6.45, 7) is 0.934. The molecule has 0 fully saturated rings. The number of rotatable bonds is 2. The predicted octanol–water partition coefficient (Wildman–Crippen LogP) is 1.09. The van der Waals surface area contributed by atoms with Crippen molar-refractivity contribution in [1.29, 1.82) is 0 Å². The summed E-state index contributed by atoms with van der Waals surface area (Å²) in [6, 6.07) is 0. The average Bonchev–Trinajstić information content (AvgIpc) is 1.60. The summed E-state index contributed by atoms with van der Waals surface area (Å²) in [7, 11) is 0. The first-order chi connectivity index (χ1) is 4.34. The second-order valence-electron chi connectivity index (χ2n) is 1.80. The molecule has 11 heavy (non-hydrogen) atoms. The van der Waals surface area contributed by atoms with Crippen LogP contribution in [0.25, 0.3) is 0 Å². The van der Waals surface area contributed by atoms with Crippen molar-refractivity contribution in [3.8, 4) is 0 Å².